The number of nitrogens with one attached hydrogen (secondary N) is 5. The zero-order valence-electron chi connectivity index (χ0n) is 21.9. The molecule has 4 rings (SSSR count). The van der Waals surface area contributed by atoms with E-state index in [0.717, 1.165) is 5.69 Å². The van der Waals surface area contributed by atoms with Gasteiger partial charge in [0.25, 0.3) is 17.7 Å². The fourth-order valence-corrected chi connectivity index (χ4v) is 4.70. The molecule has 0 atom stereocenters. The summed E-state index contributed by atoms with van der Waals surface area (Å²) in [4.78, 5) is 43.1. The third-order valence-electron chi connectivity index (χ3n) is 6.14. The molecule has 0 aromatic heterocycles. The molecular formula is C26H29Cl2F2N7O4. The van der Waals surface area contributed by atoms with Crippen molar-refractivity contribution in [3.63, 3.8) is 0 Å². The molecule has 3 amide bonds. The number of amides is 3. The molecule has 0 radical (unpaired) electrons. The van der Waals surface area contributed by atoms with Crippen molar-refractivity contribution in [3.8, 4) is 0 Å². The Kier molecular flexibility index (Phi) is 10.2. The average molecular weight is 612 g/mol. The van der Waals surface area contributed by atoms with E-state index in [1.807, 2.05) is 0 Å². The standard InChI is InChI=1S/C26H29Cl2F2N7O4/c27-19-11-18(37-6-8-41-9-7-37)12-20(28)22(19)24(40)32-5-4-31-21(38)13-33-23(39)16-2-1-3-17(10-16)36-25-34-14-26(29,30)15-35-25/h1-3,10-12H,4-9,13-15H2,(H,31,38)(H,32,40)(H,33,39)(H2,34,35,36). The first-order chi connectivity index (χ1) is 19.6. The van der Waals surface area contributed by atoms with Crippen LogP contribution in [0.3, 0.4) is 0 Å². The van der Waals surface area contributed by atoms with Gasteiger partial charge in [-0.1, -0.05) is 29.3 Å². The molecule has 0 bridgehead atoms. The van der Waals surface area contributed by atoms with Crippen LogP contribution in [0.1, 0.15) is 20.7 Å². The second-order valence-electron chi connectivity index (χ2n) is 9.25. The minimum Gasteiger partial charge on any atom is -0.378 e. The van der Waals surface area contributed by atoms with E-state index in [-0.39, 0.29) is 46.8 Å². The number of rotatable bonds is 9. The highest BCUT2D eigenvalue weighted by Crippen LogP contribution is 2.31. The van der Waals surface area contributed by atoms with Crippen LogP contribution in [0, 0.1) is 0 Å². The van der Waals surface area contributed by atoms with E-state index in [4.69, 9.17) is 27.9 Å². The molecular weight excluding hydrogens is 583 g/mol. The third kappa shape index (κ3) is 8.65. The molecule has 1 fully saturated rings. The van der Waals surface area contributed by atoms with Gasteiger partial charge in [-0.3, -0.25) is 14.4 Å². The highest BCUT2D eigenvalue weighted by atomic mass is 35.5. The van der Waals surface area contributed by atoms with Gasteiger partial charge in [0.15, 0.2) is 5.96 Å². The second-order valence-corrected chi connectivity index (χ2v) is 10.1. The van der Waals surface area contributed by atoms with E-state index in [1.165, 1.54) is 6.07 Å². The van der Waals surface area contributed by atoms with Gasteiger partial charge in [-0.15, -0.1) is 0 Å². The average Bonchev–Trinajstić information content (AvgIpc) is 2.95. The van der Waals surface area contributed by atoms with Crippen molar-refractivity contribution in [2.24, 2.45) is 4.99 Å². The van der Waals surface area contributed by atoms with Gasteiger partial charge in [0.1, 0.15) is 6.54 Å². The Bertz CT molecular complexity index is 1300. The minimum atomic E-state index is -2.91. The number of carbonyl (C=O) groups is 3. The SMILES string of the molecule is O=C(CNC(=O)c1cccc(NC2=NCC(F)(F)CN2)c1)NCCNC(=O)c1c(Cl)cc(N2CCOCC2)cc1Cl. The third-order valence-corrected chi connectivity index (χ3v) is 6.74. The quantitative estimate of drug-likeness (QED) is 0.274. The van der Waals surface area contributed by atoms with Crippen molar-refractivity contribution in [1.82, 2.24) is 21.3 Å². The van der Waals surface area contributed by atoms with Crippen LogP contribution in [0.25, 0.3) is 0 Å². The van der Waals surface area contributed by atoms with E-state index >= 15 is 0 Å². The molecule has 2 aromatic rings. The first-order valence-electron chi connectivity index (χ1n) is 12.8. The van der Waals surface area contributed by atoms with E-state index in [2.05, 4.69) is 36.5 Å². The molecule has 0 saturated carbocycles. The number of morpholine rings is 1. The minimum absolute atomic E-state index is 0.105. The lowest BCUT2D eigenvalue weighted by Gasteiger charge is -2.29. The first kappa shape index (κ1) is 30.3. The molecule has 0 unspecified atom stereocenters. The Labute approximate surface area is 245 Å². The van der Waals surface area contributed by atoms with E-state index < -0.39 is 36.7 Å². The molecule has 220 valence electrons. The van der Waals surface area contributed by atoms with Gasteiger partial charge in [0, 0.05) is 43.1 Å². The summed E-state index contributed by atoms with van der Waals surface area (Å²) in [5, 5.41) is 13.5. The zero-order chi connectivity index (χ0) is 29.4. The molecule has 2 aliphatic rings. The summed E-state index contributed by atoms with van der Waals surface area (Å²) in [6, 6.07) is 9.67. The number of ether oxygens (including phenoxy) is 1. The summed E-state index contributed by atoms with van der Waals surface area (Å²) in [6.45, 7) is 1.33. The Morgan fingerprint density at radius 2 is 1.71 bits per heavy atom. The van der Waals surface area contributed by atoms with Crippen molar-refractivity contribution in [1.29, 1.82) is 0 Å². The lowest BCUT2D eigenvalue weighted by molar-refractivity contribution is -0.120. The number of guanidine groups is 1. The summed E-state index contributed by atoms with van der Waals surface area (Å²) in [5.74, 6) is -4.18. The molecule has 2 aromatic carbocycles. The number of alkyl halides is 2. The molecule has 11 nitrogen and oxygen atoms in total. The van der Waals surface area contributed by atoms with Crippen molar-refractivity contribution >= 4 is 58.3 Å². The summed E-state index contributed by atoms with van der Waals surface area (Å²) in [6.07, 6.45) is 0. The van der Waals surface area contributed by atoms with Crippen LogP contribution in [-0.2, 0) is 9.53 Å². The van der Waals surface area contributed by atoms with Crippen LogP contribution in [0.2, 0.25) is 10.0 Å². The molecule has 5 N–H and O–H groups in total. The molecule has 2 aliphatic heterocycles. The van der Waals surface area contributed by atoms with Gasteiger partial charge in [0.2, 0.25) is 5.91 Å². The smallest absolute Gasteiger partial charge is 0.284 e. The molecule has 41 heavy (non-hydrogen) atoms. The lowest BCUT2D eigenvalue weighted by Crippen LogP contribution is -2.46. The monoisotopic (exact) mass is 611 g/mol. The number of anilines is 2. The van der Waals surface area contributed by atoms with Crippen LogP contribution >= 0.6 is 23.2 Å². The highest BCUT2D eigenvalue weighted by molar-refractivity contribution is 6.40. The zero-order valence-corrected chi connectivity index (χ0v) is 23.4. The van der Waals surface area contributed by atoms with E-state index in [9.17, 15) is 23.2 Å². The maximum atomic E-state index is 13.2. The molecule has 1 saturated heterocycles. The lowest BCUT2D eigenvalue weighted by atomic mass is 10.1. The van der Waals surface area contributed by atoms with Gasteiger partial charge in [0.05, 0.1) is 41.9 Å². The second kappa shape index (κ2) is 13.8. The fraction of sp³-hybridized carbons (Fsp3) is 0.385. The van der Waals surface area contributed by atoms with Crippen molar-refractivity contribution < 1.29 is 27.9 Å². The van der Waals surface area contributed by atoms with Crippen LogP contribution < -0.4 is 31.5 Å². The van der Waals surface area contributed by atoms with Crippen molar-refractivity contribution in [2.75, 3.05) is 69.2 Å². The molecule has 2 heterocycles. The van der Waals surface area contributed by atoms with Gasteiger partial charge < -0.3 is 36.2 Å². The Morgan fingerprint density at radius 3 is 2.39 bits per heavy atom. The summed E-state index contributed by atoms with van der Waals surface area (Å²) in [7, 11) is 0. The number of benzene rings is 2. The number of carbonyl (C=O) groups excluding carboxylic acids is 3. The summed E-state index contributed by atoms with van der Waals surface area (Å²) < 4.78 is 31.8. The fourth-order valence-electron chi connectivity index (χ4n) is 4.05. The maximum absolute atomic E-state index is 13.2. The van der Waals surface area contributed by atoms with Crippen LogP contribution in [-0.4, -0.2) is 88.6 Å². The number of nitrogens with zero attached hydrogens (tertiary/aromatic N) is 2. The van der Waals surface area contributed by atoms with Gasteiger partial charge >= 0.3 is 0 Å². The Balaban J connectivity index is 1.18. The molecule has 0 spiro atoms. The Morgan fingerprint density at radius 1 is 1.00 bits per heavy atom. The predicted molar refractivity (Wildman–Crippen MR) is 152 cm³/mol. The van der Waals surface area contributed by atoms with Gasteiger partial charge in [-0.2, -0.15) is 0 Å². The van der Waals surface area contributed by atoms with E-state index in [0.29, 0.717) is 32.0 Å². The van der Waals surface area contributed by atoms with Crippen LogP contribution in [0.15, 0.2) is 41.4 Å². The number of hydrogen-bond donors (Lipinski definition) is 5. The first-order valence-corrected chi connectivity index (χ1v) is 13.5. The van der Waals surface area contributed by atoms with Gasteiger partial charge in [-0.25, -0.2) is 13.8 Å². The van der Waals surface area contributed by atoms with Crippen LogP contribution in [0.5, 0.6) is 0 Å². The molecule has 0 aliphatic carbocycles. The van der Waals surface area contributed by atoms with Crippen molar-refractivity contribution in [3.05, 3.63) is 57.6 Å². The van der Waals surface area contributed by atoms with Crippen molar-refractivity contribution in [2.45, 2.75) is 5.92 Å². The number of halogens is 4. The van der Waals surface area contributed by atoms with Gasteiger partial charge in [-0.05, 0) is 30.3 Å². The summed E-state index contributed by atoms with van der Waals surface area (Å²) >= 11 is 12.7. The largest absolute Gasteiger partial charge is 0.378 e. The summed E-state index contributed by atoms with van der Waals surface area (Å²) in [5.41, 5.74) is 1.67. The molecule has 15 heteroatoms. The topological polar surface area (TPSA) is 136 Å². The maximum Gasteiger partial charge on any atom is 0.284 e. The van der Waals surface area contributed by atoms with E-state index in [1.54, 1.807) is 30.3 Å². The number of aliphatic imine (C=N–C) groups is 1. The number of hydrogen-bond acceptors (Lipinski definition) is 8. The Hall–Kier alpha value is -3.68. The predicted octanol–water partition coefficient (Wildman–Crippen LogP) is 2.11. The normalized spacial score (nSPS) is 16.2. The van der Waals surface area contributed by atoms with Crippen LogP contribution in [0.4, 0.5) is 20.2 Å². The highest BCUT2D eigenvalue weighted by Gasteiger charge is 2.32.